The zero-order valence-corrected chi connectivity index (χ0v) is 11.0. The molecule has 0 radical (unpaired) electrons. The third-order valence-corrected chi connectivity index (χ3v) is 3.22. The fraction of sp³-hybridized carbons (Fsp3) is 0.333. The SMILES string of the molecule is [C-]#[N+]C(C)c1c(C)nn(Cc2ccccc2)c1C. The van der Waals surface area contributed by atoms with Gasteiger partial charge in [-0.1, -0.05) is 30.3 Å². The van der Waals surface area contributed by atoms with Gasteiger partial charge in [-0.05, 0) is 19.4 Å². The molecule has 1 aromatic carbocycles. The third-order valence-electron chi connectivity index (χ3n) is 3.22. The van der Waals surface area contributed by atoms with E-state index in [-0.39, 0.29) is 6.04 Å². The van der Waals surface area contributed by atoms with Crippen LogP contribution in [0.1, 0.15) is 35.5 Å². The van der Waals surface area contributed by atoms with Gasteiger partial charge in [-0.15, -0.1) is 0 Å². The average Bonchev–Trinajstić information content (AvgIpc) is 2.65. The van der Waals surface area contributed by atoms with Crippen molar-refractivity contribution in [3.63, 3.8) is 0 Å². The van der Waals surface area contributed by atoms with Gasteiger partial charge in [0.05, 0.1) is 17.8 Å². The third kappa shape index (κ3) is 2.28. The Morgan fingerprint density at radius 1 is 1.28 bits per heavy atom. The summed E-state index contributed by atoms with van der Waals surface area (Å²) in [5.41, 5.74) is 4.36. The molecule has 0 bridgehead atoms. The van der Waals surface area contributed by atoms with Crippen molar-refractivity contribution in [1.82, 2.24) is 9.78 Å². The summed E-state index contributed by atoms with van der Waals surface area (Å²) in [6.07, 6.45) is 0. The second-order valence-electron chi connectivity index (χ2n) is 4.53. The van der Waals surface area contributed by atoms with Crippen LogP contribution in [-0.2, 0) is 6.54 Å². The Labute approximate surface area is 108 Å². The molecule has 0 spiro atoms. The maximum Gasteiger partial charge on any atom is 0.249 e. The van der Waals surface area contributed by atoms with Gasteiger partial charge in [0.15, 0.2) is 0 Å². The van der Waals surface area contributed by atoms with Gasteiger partial charge >= 0.3 is 0 Å². The summed E-state index contributed by atoms with van der Waals surface area (Å²) in [6, 6.07) is 10.1. The molecule has 1 aromatic heterocycles. The minimum absolute atomic E-state index is 0.116. The van der Waals surface area contributed by atoms with Crippen LogP contribution in [0.4, 0.5) is 0 Å². The first-order valence-electron chi connectivity index (χ1n) is 6.08. The summed E-state index contributed by atoms with van der Waals surface area (Å²) >= 11 is 0. The number of nitrogens with zero attached hydrogens (tertiary/aromatic N) is 3. The van der Waals surface area contributed by atoms with Gasteiger partial charge in [-0.2, -0.15) is 5.10 Å². The molecule has 1 heterocycles. The zero-order chi connectivity index (χ0) is 13.1. The molecule has 3 nitrogen and oxygen atoms in total. The zero-order valence-electron chi connectivity index (χ0n) is 11.0. The number of hydrogen-bond donors (Lipinski definition) is 0. The molecule has 0 aliphatic heterocycles. The number of hydrogen-bond acceptors (Lipinski definition) is 1. The van der Waals surface area contributed by atoms with Crippen molar-refractivity contribution in [2.45, 2.75) is 33.4 Å². The number of rotatable bonds is 3. The van der Waals surface area contributed by atoms with Crippen LogP contribution in [0.5, 0.6) is 0 Å². The highest BCUT2D eigenvalue weighted by Gasteiger charge is 2.20. The molecule has 2 rings (SSSR count). The van der Waals surface area contributed by atoms with E-state index in [9.17, 15) is 0 Å². The Morgan fingerprint density at radius 3 is 2.56 bits per heavy atom. The Kier molecular flexibility index (Phi) is 3.47. The lowest BCUT2D eigenvalue weighted by atomic mass is 10.1. The van der Waals surface area contributed by atoms with E-state index in [2.05, 4.69) is 22.1 Å². The predicted octanol–water partition coefficient (Wildman–Crippen LogP) is 3.53. The van der Waals surface area contributed by atoms with Gasteiger partial charge in [0, 0.05) is 12.6 Å². The van der Waals surface area contributed by atoms with Crippen molar-refractivity contribution in [2.24, 2.45) is 0 Å². The van der Waals surface area contributed by atoms with Crippen molar-refractivity contribution in [3.8, 4) is 0 Å². The molecule has 1 unspecified atom stereocenters. The van der Waals surface area contributed by atoms with E-state index in [0.29, 0.717) is 0 Å². The average molecular weight is 239 g/mol. The fourth-order valence-electron chi connectivity index (χ4n) is 2.29. The van der Waals surface area contributed by atoms with Gasteiger partial charge < -0.3 is 4.85 Å². The Bertz CT molecular complexity index is 576. The van der Waals surface area contributed by atoms with Gasteiger partial charge in [-0.3, -0.25) is 4.68 Å². The van der Waals surface area contributed by atoms with Crippen LogP contribution in [0, 0.1) is 20.4 Å². The molecule has 0 saturated carbocycles. The maximum absolute atomic E-state index is 7.16. The summed E-state index contributed by atoms with van der Waals surface area (Å²) in [4.78, 5) is 3.60. The summed E-state index contributed by atoms with van der Waals surface area (Å²) in [5.74, 6) is 0. The van der Waals surface area contributed by atoms with Crippen LogP contribution in [0.2, 0.25) is 0 Å². The lowest BCUT2D eigenvalue weighted by Crippen LogP contribution is -2.04. The largest absolute Gasteiger partial charge is 0.309 e. The lowest BCUT2D eigenvalue weighted by molar-refractivity contribution is 0.657. The molecule has 0 N–H and O–H groups in total. The highest BCUT2D eigenvalue weighted by atomic mass is 15.3. The van der Waals surface area contributed by atoms with Crippen LogP contribution >= 0.6 is 0 Å². The van der Waals surface area contributed by atoms with Crippen molar-refractivity contribution < 1.29 is 0 Å². The van der Waals surface area contributed by atoms with Gasteiger partial charge in [-0.25, -0.2) is 6.57 Å². The number of benzene rings is 1. The second-order valence-corrected chi connectivity index (χ2v) is 4.53. The number of aromatic nitrogens is 2. The van der Waals surface area contributed by atoms with Crippen LogP contribution in [-0.4, -0.2) is 9.78 Å². The fourth-order valence-corrected chi connectivity index (χ4v) is 2.29. The minimum atomic E-state index is -0.116. The van der Waals surface area contributed by atoms with E-state index < -0.39 is 0 Å². The summed E-state index contributed by atoms with van der Waals surface area (Å²) in [7, 11) is 0. The molecular formula is C15H17N3. The molecular weight excluding hydrogens is 222 g/mol. The van der Waals surface area contributed by atoms with Crippen molar-refractivity contribution in [1.29, 1.82) is 0 Å². The van der Waals surface area contributed by atoms with E-state index >= 15 is 0 Å². The highest BCUT2D eigenvalue weighted by molar-refractivity contribution is 5.30. The molecule has 92 valence electrons. The smallest absolute Gasteiger partial charge is 0.249 e. The van der Waals surface area contributed by atoms with Crippen LogP contribution in [0.15, 0.2) is 30.3 Å². The summed E-state index contributed by atoms with van der Waals surface area (Å²) in [5, 5.41) is 4.55. The molecule has 2 aromatic rings. The van der Waals surface area contributed by atoms with Crippen molar-refractivity contribution in [2.75, 3.05) is 0 Å². The van der Waals surface area contributed by atoms with E-state index in [1.165, 1.54) is 5.56 Å². The normalized spacial score (nSPS) is 12.1. The van der Waals surface area contributed by atoms with E-state index in [1.54, 1.807) is 0 Å². The van der Waals surface area contributed by atoms with Crippen LogP contribution in [0.25, 0.3) is 4.85 Å². The van der Waals surface area contributed by atoms with Gasteiger partial charge in [0.25, 0.3) is 0 Å². The summed E-state index contributed by atoms with van der Waals surface area (Å²) in [6.45, 7) is 13.9. The molecule has 0 fully saturated rings. The molecule has 3 heteroatoms. The Morgan fingerprint density at radius 2 is 1.94 bits per heavy atom. The Hall–Kier alpha value is -2.08. The quantitative estimate of drug-likeness (QED) is 0.751. The maximum atomic E-state index is 7.16. The first-order chi connectivity index (χ1) is 8.63. The standard InChI is InChI=1S/C15H17N3/c1-11(16-4)15-12(2)17-18(13(15)3)10-14-8-6-5-7-9-14/h5-9,11H,10H2,1-3H3. The van der Waals surface area contributed by atoms with E-state index in [0.717, 1.165) is 23.5 Å². The highest BCUT2D eigenvalue weighted by Crippen LogP contribution is 2.24. The van der Waals surface area contributed by atoms with Crippen molar-refractivity contribution in [3.05, 3.63) is 64.3 Å². The number of aryl methyl sites for hydroxylation is 1. The minimum Gasteiger partial charge on any atom is -0.309 e. The predicted molar refractivity (Wildman–Crippen MR) is 72.3 cm³/mol. The molecule has 1 atom stereocenters. The van der Waals surface area contributed by atoms with Crippen LogP contribution < -0.4 is 0 Å². The molecule has 18 heavy (non-hydrogen) atoms. The van der Waals surface area contributed by atoms with E-state index in [4.69, 9.17) is 6.57 Å². The van der Waals surface area contributed by atoms with Crippen molar-refractivity contribution >= 4 is 0 Å². The molecule has 0 aliphatic carbocycles. The second kappa shape index (κ2) is 5.05. The van der Waals surface area contributed by atoms with E-state index in [1.807, 2.05) is 43.7 Å². The molecule has 0 aliphatic rings. The Balaban J connectivity index is 2.34. The van der Waals surface area contributed by atoms with Gasteiger partial charge in [0.2, 0.25) is 6.04 Å². The first kappa shape index (κ1) is 12.4. The van der Waals surface area contributed by atoms with Gasteiger partial charge in [0.1, 0.15) is 0 Å². The lowest BCUT2D eigenvalue weighted by Gasteiger charge is -2.05. The first-order valence-corrected chi connectivity index (χ1v) is 6.08. The van der Waals surface area contributed by atoms with Crippen LogP contribution in [0.3, 0.4) is 0 Å². The summed E-state index contributed by atoms with van der Waals surface area (Å²) < 4.78 is 1.99. The molecule has 0 saturated heterocycles. The molecule has 0 amide bonds. The topological polar surface area (TPSA) is 22.2 Å². The monoisotopic (exact) mass is 239 g/mol.